The lowest BCUT2D eigenvalue weighted by molar-refractivity contribution is 0.526. The first-order chi connectivity index (χ1) is 6.49. The van der Waals surface area contributed by atoms with E-state index in [-0.39, 0.29) is 5.83 Å². The van der Waals surface area contributed by atoms with Crippen LogP contribution in [0.2, 0.25) is 0 Å². The smallest absolute Gasteiger partial charge is 0.165 e. The number of rotatable bonds is 3. The lowest BCUT2D eigenvalue weighted by atomic mass is 10.0. The van der Waals surface area contributed by atoms with Crippen LogP contribution >= 0.6 is 0 Å². The zero-order valence-corrected chi connectivity index (χ0v) is 8.53. The molecule has 0 bridgehead atoms. The van der Waals surface area contributed by atoms with Crippen molar-refractivity contribution in [3.8, 4) is 11.8 Å². The highest BCUT2D eigenvalue weighted by Gasteiger charge is 2.10. The Morgan fingerprint density at radius 3 is 2.36 bits per heavy atom. The minimum absolute atomic E-state index is 0.321. The number of hydrogen-bond donors (Lipinski definition) is 0. The molecule has 0 saturated carbocycles. The molecule has 0 fully saturated rings. The minimum Gasteiger partial charge on any atom is -0.211 e. The Balaban J connectivity index is 4.81. The van der Waals surface area contributed by atoms with Crippen LogP contribution in [0.15, 0.2) is 36.5 Å². The summed E-state index contributed by atoms with van der Waals surface area (Å²) in [6.45, 7) is 9.78. The van der Waals surface area contributed by atoms with Gasteiger partial charge in [0.15, 0.2) is 5.83 Å². The Morgan fingerprint density at radius 2 is 2.00 bits per heavy atom. The third kappa shape index (κ3) is 4.61. The zero-order valence-electron chi connectivity index (χ0n) is 8.53. The summed E-state index contributed by atoms with van der Waals surface area (Å²) in [5.74, 6) is 2.93. The molecule has 0 spiro atoms. The van der Waals surface area contributed by atoms with Crippen molar-refractivity contribution in [2.45, 2.75) is 20.3 Å². The van der Waals surface area contributed by atoms with E-state index in [1.807, 2.05) is 0 Å². The van der Waals surface area contributed by atoms with E-state index < -0.39 is 11.7 Å². The minimum atomic E-state index is -0.749. The highest BCUT2D eigenvalue weighted by molar-refractivity contribution is 5.26. The van der Waals surface area contributed by atoms with E-state index in [4.69, 9.17) is 0 Å². The second-order valence-electron chi connectivity index (χ2n) is 3.10. The van der Waals surface area contributed by atoms with Gasteiger partial charge in [0.05, 0.1) is 5.92 Å². The predicted octanol–water partition coefficient (Wildman–Crippen LogP) is 3.93. The van der Waals surface area contributed by atoms with Gasteiger partial charge < -0.3 is 0 Å². The SMILES string of the molecule is C=CCC(C#CC(=C)F)C(F)=C(C)C. The molecule has 0 rings (SSSR count). The Bertz CT molecular complexity index is 309. The van der Waals surface area contributed by atoms with Crippen LogP contribution < -0.4 is 0 Å². The topological polar surface area (TPSA) is 0 Å². The van der Waals surface area contributed by atoms with Gasteiger partial charge in [0.2, 0.25) is 0 Å². The number of hydrogen-bond acceptors (Lipinski definition) is 0. The van der Waals surface area contributed by atoms with Crippen molar-refractivity contribution < 1.29 is 8.78 Å². The fraction of sp³-hybridized carbons (Fsp3) is 0.333. The van der Waals surface area contributed by atoms with Gasteiger partial charge in [-0.25, -0.2) is 4.39 Å². The molecule has 0 heterocycles. The first-order valence-electron chi connectivity index (χ1n) is 4.28. The van der Waals surface area contributed by atoms with Crippen LogP contribution in [-0.4, -0.2) is 0 Å². The van der Waals surface area contributed by atoms with Gasteiger partial charge in [0.1, 0.15) is 5.83 Å². The van der Waals surface area contributed by atoms with E-state index in [2.05, 4.69) is 25.0 Å². The maximum Gasteiger partial charge on any atom is 0.165 e. The van der Waals surface area contributed by atoms with Crippen molar-refractivity contribution in [2.24, 2.45) is 5.92 Å². The summed E-state index contributed by atoms with van der Waals surface area (Å²) in [5.41, 5.74) is 0.552. The molecule has 0 aromatic carbocycles. The standard InChI is InChI=1S/C12H14F2/c1-5-6-11(8-7-10(4)13)12(14)9(2)3/h5,11H,1,4,6H2,2-3H3. The van der Waals surface area contributed by atoms with Crippen LogP contribution in [-0.2, 0) is 0 Å². The Hall–Kier alpha value is -1.36. The maximum atomic E-state index is 13.4. The summed E-state index contributed by atoms with van der Waals surface area (Å²) < 4.78 is 25.6. The van der Waals surface area contributed by atoms with Crippen LogP contribution in [0.25, 0.3) is 0 Å². The lowest BCUT2D eigenvalue weighted by Gasteiger charge is -2.06. The molecule has 0 amide bonds. The molecule has 0 aromatic rings. The molecular weight excluding hydrogens is 182 g/mol. The molecule has 14 heavy (non-hydrogen) atoms. The first-order valence-corrected chi connectivity index (χ1v) is 4.28. The molecule has 0 aromatic heterocycles. The van der Waals surface area contributed by atoms with Crippen molar-refractivity contribution in [1.82, 2.24) is 0 Å². The monoisotopic (exact) mass is 196 g/mol. The predicted molar refractivity (Wildman–Crippen MR) is 55.8 cm³/mol. The van der Waals surface area contributed by atoms with E-state index >= 15 is 0 Å². The van der Waals surface area contributed by atoms with Crippen LogP contribution in [0.5, 0.6) is 0 Å². The van der Waals surface area contributed by atoms with Crippen molar-refractivity contribution in [3.05, 3.63) is 36.5 Å². The molecule has 0 aliphatic heterocycles. The summed E-state index contributed by atoms with van der Waals surface area (Å²) in [6.07, 6.45) is 1.93. The highest BCUT2D eigenvalue weighted by atomic mass is 19.1. The van der Waals surface area contributed by atoms with Gasteiger partial charge in [-0.3, -0.25) is 0 Å². The summed E-state index contributed by atoms with van der Waals surface area (Å²) in [7, 11) is 0. The average molecular weight is 196 g/mol. The van der Waals surface area contributed by atoms with Gasteiger partial charge >= 0.3 is 0 Å². The van der Waals surface area contributed by atoms with E-state index in [9.17, 15) is 8.78 Å². The quantitative estimate of drug-likeness (QED) is 0.474. The lowest BCUT2D eigenvalue weighted by Crippen LogP contribution is -1.98. The third-order valence-electron chi connectivity index (χ3n) is 1.57. The van der Waals surface area contributed by atoms with Crippen LogP contribution in [0.3, 0.4) is 0 Å². The fourth-order valence-electron chi connectivity index (χ4n) is 0.906. The molecule has 0 N–H and O–H groups in total. The molecule has 0 nitrogen and oxygen atoms in total. The molecule has 0 aliphatic carbocycles. The molecule has 0 aliphatic rings. The van der Waals surface area contributed by atoms with Crippen molar-refractivity contribution in [1.29, 1.82) is 0 Å². The van der Waals surface area contributed by atoms with Crippen molar-refractivity contribution in [2.75, 3.05) is 0 Å². The largest absolute Gasteiger partial charge is 0.211 e. The fourth-order valence-corrected chi connectivity index (χ4v) is 0.906. The van der Waals surface area contributed by atoms with Crippen LogP contribution in [0, 0.1) is 17.8 Å². The van der Waals surface area contributed by atoms with Crippen molar-refractivity contribution >= 4 is 0 Å². The van der Waals surface area contributed by atoms with Crippen LogP contribution in [0.4, 0.5) is 8.78 Å². The van der Waals surface area contributed by atoms with Gasteiger partial charge in [0, 0.05) is 0 Å². The molecule has 1 atom stereocenters. The van der Waals surface area contributed by atoms with Gasteiger partial charge in [-0.15, -0.1) is 6.58 Å². The van der Waals surface area contributed by atoms with Gasteiger partial charge in [-0.05, 0) is 31.8 Å². The second kappa shape index (κ2) is 6.15. The zero-order chi connectivity index (χ0) is 11.1. The number of halogens is 2. The Labute approximate surface area is 84.0 Å². The Kier molecular flexibility index (Phi) is 5.55. The van der Waals surface area contributed by atoms with E-state index in [1.54, 1.807) is 19.9 Å². The normalized spacial score (nSPS) is 10.9. The van der Waals surface area contributed by atoms with Crippen molar-refractivity contribution in [3.63, 3.8) is 0 Å². The van der Waals surface area contributed by atoms with E-state index in [1.165, 1.54) is 0 Å². The van der Waals surface area contributed by atoms with Gasteiger partial charge in [-0.2, -0.15) is 4.39 Å². The molecule has 76 valence electrons. The molecule has 2 heteroatoms. The Morgan fingerprint density at radius 1 is 1.43 bits per heavy atom. The summed E-state index contributed by atoms with van der Waals surface area (Å²) in [6, 6.07) is 0. The first kappa shape index (κ1) is 12.6. The third-order valence-corrected chi connectivity index (χ3v) is 1.57. The van der Waals surface area contributed by atoms with Gasteiger partial charge in [-0.1, -0.05) is 18.6 Å². The van der Waals surface area contributed by atoms with Crippen LogP contribution in [0.1, 0.15) is 20.3 Å². The average Bonchev–Trinajstić information content (AvgIpc) is 2.10. The summed E-state index contributed by atoms with van der Waals surface area (Å²) in [4.78, 5) is 0. The summed E-state index contributed by atoms with van der Waals surface area (Å²) >= 11 is 0. The molecular formula is C12H14F2. The maximum absolute atomic E-state index is 13.4. The molecule has 0 saturated heterocycles. The second-order valence-corrected chi connectivity index (χ2v) is 3.10. The van der Waals surface area contributed by atoms with E-state index in [0.717, 1.165) is 0 Å². The molecule has 1 unspecified atom stereocenters. The number of allylic oxidation sites excluding steroid dienone is 4. The van der Waals surface area contributed by atoms with E-state index in [0.29, 0.717) is 12.0 Å². The van der Waals surface area contributed by atoms with Gasteiger partial charge in [0.25, 0.3) is 0 Å². The highest BCUT2D eigenvalue weighted by Crippen LogP contribution is 2.20. The summed E-state index contributed by atoms with van der Waals surface area (Å²) in [5, 5.41) is 0. The molecule has 0 radical (unpaired) electrons.